The van der Waals surface area contributed by atoms with E-state index in [2.05, 4.69) is 25.5 Å². The van der Waals surface area contributed by atoms with Crippen LogP contribution in [0.5, 0.6) is 5.75 Å². The van der Waals surface area contributed by atoms with Gasteiger partial charge in [0.2, 0.25) is 0 Å². The molecular formula is C19H22ClN5O2. The van der Waals surface area contributed by atoms with Gasteiger partial charge < -0.3 is 15.2 Å². The van der Waals surface area contributed by atoms with E-state index in [1.165, 1.54) is 0 Å². The molecule has 0 aliphatic rings. The summed E-state index contributed by atoms with van der Waals surface area (Å²) in [5.74, 6) is 2.39. The molecule has 0 aliphatic carbocycles. The molecule has 1 atom stereocenters. The van der Waals surface area contributed by atoms with E-state index in [-0.39, 0.29) is 0 Å². The molecule has 3 aromatic rings. The maximum absolute atomic E-state index is 10.1. The van der Waals surface area contributed by atoms with Crippen molar-refractivity contribution in [2.24, 2.45) is 0 Å². The fourth-order valence-corrected chi connectivity index (χ4v) is 2.65. The number of aryl methyl sites for hydroxylation is 1. The minimum atomic E-state index is -0.631. The third-order valence-electron chi connectivity index (χ3n) is 3.95. The Morgan fingerprint density at radius 2 is 2.04 bits per heavy atom. The van der Waals surface area contributed by atoms with E-state index in [4.69, 9.17) is 16.3 Å². The molecule has 0 amide bonds. The van der Waals surface area contributed by atoms with Crippen molar-refractivity contribution in [1.82, 2.24) is 25.5 Å². The van der Waals surface area contributed by atoms with Crippen LogP contribution in [0.3, 0.4) is 0 Å². The first-order chi connectivity index (χ1) is 13.1. The van der Waals surface area contributed by atoms with Crippen LogP contribution in [0.4, 0.5) is 0 Å². The fourth-order valence-electron chi connectivity index (χ4n) is 2.54. The zero-order valence-corrected chi connectivity index (χ0v) is 15.8. The molecule has 142 valence electrons. The number of nitrogens with one attached hydrogen (secondary N) is 2. The third-order valence-corrected chi connectivity index (χ3v) is 4.17. The lowest BCUT2D eigenvalue weighted by molar-refractivity contribution is 0.171. The van der Waals surface area contributed by atoms with Crippen molar-refractivity contribution < 1.29 is 9.84 Å². The average Bonchev–Trinajstić information content (AvgIpc) is 3.08. The Morgan fingerprint density at radius 3 is 2.70 bits per heavy atom. The minimum Gasteiger partial charge on any atom is -0.492 e. The first kappa shape index (κ1) is 19.3. The summed E-state index contributed by atoms with van der Waals surface area (Å²) in [7, 11) is 0. The number of H-pyrrole nitrogens is 1. The number of hydrogen-bond acceptors (Lipinski definition) is 6. The van der Waals surface area contributed by atoms with Crippen molar-refractivity contribution in [2.75, 3.05) is 19.7 Å². The number of rotatable bonds is 9. The van der Waals surface area contributed by atoms with Crippen LogP contribution in [0, 0.1) is 6.92 Å². The number of benzene rings is 1. The Morgan fingerprint density at radius 1 is 1.22 bits per heavy atom. The quantitative estimate of drug-likeness (QED) is 0.385. The van der Waals surface area contributed by atoms with Crippen LogP contribution < -0.4 is 10.1 Å². The number of ether oxygens (including phenoxy) is 1. The summed E-state index contributed by atoms with van der Waals surface area (Å²) >= 11 is 5.74. The van der Waals surface area contributed by atoms with E-state index >= 15 is 0 Å². The van der Waals surface area contributed by atoms with Gasteiger partial charge >= 0.3 is 0 Å². The van der Waals surface area contributed by atoms with Gasteiger partial charge in [-0.05, 0) is 30.7 Å². The Hall–Kier alpha value is -2.48. The number of aliphatic hydroxyl groups is 1. The molecule has 0 unspecified atom stereocenters. The highest BCUT2D eigenvalue weighted by atomic mass is 35.5. The highest BCUT2D eigenvalue weighted by molar-refractivity contribution is 6.29. The van der Waals surface area contributed by atoms with Gasteiger partial charge in [0.05, 0.1) is 6.10 Å². The molecule has 27 heavy (non-hydrogen) atoms. The first-order valence-electron chi connectivity index (χ1n) is 8.70. The number of pyridine rings is 1. The van der Waals surface area contributed by atoms with Crippen LogP contribution in [0.1, 0.15) is 28.9 Å². The van der Waals surface area contributed by atoms with E-state index in [0.29, 0.717) is 31.3 Å². The van der Waals surface area contributed by atoms with Gasteiger partial charge in [-0.2, -0.15) is 5.10 Å². The number of halogens is 1. The lowest BCUT2D eigenvalue weighted by Crippen LogP contribution is -2.26. The summed E-state index contributed by atoms with van der Waals surface area (Å²) in [6.07, 6.45) is 1.63. The van der Waals surface area contributed by atoms with Crippen molar-refractivity contribution in [3.05, 3.63) is 70.5 Å². The second-order valence-corrected chi connectivity index (χ2v) is 6.53. The molecule has 0 fully saturated rings. The van der Waals surface area contributed by atoms with Crippen molar-refractivity contribution >= 4 is 11.6 Å². The number of aromatic amines is 1. The molecule has 7 nitrogen and oxygen atoms in total. The van der Waals surface area contributed by atoms with Crippen LogP contribution in [0.2, 0.25) is 5.15 Å². The molecule has 3 rings (SSSR count). The summed E-state index contributed by atoms with van der Waals surface area (Å²) < 4.78 is 5.71. The van der Waals surface area contributed by atoms with Gasteiger partial charge in [0, 0.05) is 31.3 Å². The lowest BCUT2D eigenvalue weighted by Gasteiger charge is -2.12. The molecule has 0 bridgehead atoms. The zero-order chi connectivity index (χ0) is 19.1. The molecule has 0 saturated carbocycles. The highest BCUT2D eigenvalue weighted by Crippen LogP contribution is 2.15. The summed E-state index contributed by atoms with van der Waals surface area (Å²) in [5.41, 5.74) is 1.85. The van der Waals surface area contributed by atoms with E-state index in [0.717, 1.165) is 28.5 Å². The molecular weight excluding hydrogens is 366 g/mol. The molecule has 0 saturated heterocycles. The standard InChI is InChI=1S/C19H22ClN5O2/c1-13-23-19(25-24-13)10-14-2-5-16(6-3-14)27-9-8-21-12-17(26)15-4-7-18(20)22-11-15/h2-7,11,17,21,26H,8-10,12H2,1H3,(H,23,24,25)/t17-/m0/s1. The summed E-state index contributed by atoms with van der Waals surface area (Å²) in [4.78, 5) is 8.26. The second-order valence-electron chi connectivity index (χ2n) is 6.14. The van der Waals surface area contributed by atoms with Crippen molar-refractivity contribution in [1.29, 1.82) is 0 Å². The fraction of sp³-hybridized carbons (Fsp3) is 0.316. The van der Waals surface area contributed by atoms with Gasteiger partial charge in [0.15, 0.2) is 5.82 Å². The minimum absolute atomic E-state index is 0.411. The largest absolute Gasteiger partial charge is 0.492 e. The summed E-state index contributed by atoms with van der Waals surface area (Å²) in [5, 5.41) is 20.6. The lowest BCUT2D eigenvalue weighted by atomic mass is 10.1. The monoisotopic (exact) mass is 387 g/mol. The summed E-state index contributed by atoms with van der Waals surface area (Å²) in [6, 6.07) is 11.3. The average molecular weight is 388 g/mol. The van der Waals surface area contributed by atoms with E-state index < -0.39 is 6.10 Å². The zero-order valence-electron chi connectivity index (χ0n) is 15.0. The SMILES string of the molecule is Cc1nc(Cc2ccc(OCCNC[C@H](O)c3ccc(Cl)nc3)cc2)n[nH]1. The Labute approximate surface area is 162 Å². The molecule has 3 N–H and O–H groups in total. The van der Waals surface area contributed by atoms with Crippen molar-refractivity contribution in [3.8, 4) is 5.75 Å². The molecule has 2 aromatic heterocycles. The summed E-state index contributed by atoms with van der Waals surface area (Å²) in [6.45, 7) is 3.43. The van der Waals surface area contributed by atoms with Crippen LogP contribution >= 0.6 is 11.6 Å². The number of aliphatic hydroxyl groups excluding tert-OH is 1. The highest BCUT2D eigenvalue weighted by Gasteiger charge is 2.07. The Balaban J connectivity index is 1.36. The van der Waals surface area contributed by atoms with Crippen LogP contribution in [0.25, 0.3) is 0 Å². The van der Waals surface area contributed by atoms with Crippen LogP contribution in [-0.2, 0) is 6.42 Å². The maximum Gasteiger partial charge on any atom is 0.155 e. The van der Waals surface area contributed by atoms with Gasteiger partial charge in [-0.15, -0.1) is 0 Å². The molecule has 0 radical (unpaired) electrons. The number of aromatic nitrogens is 4. The molecule has 0 spiro atoms. The van der Waals surface area contributed by atoms with Gasteiger partial charge in [-0.25, -0.2) is 9.97 Å². The molecule has 8 heteroatoms. The van der Waals surface area contributed by atoms with E-state index in [9.17, 15) is 5.11 Å². The normalized spacial score (nSPS) is 12.1. The van der Waals surface area contributed by atoms with Gasteiger partial charge in [-0.1, -0.05) is 29.8 Å². The predicted molar refractivity (Wildman–Crippen MR) is 103 cm³/mol. The van der Waals surface area contributed by atoms with Crippen molar-refractivity contribution in [3.63, 3.8) is 0 Å². The maximum atomic E-state index is 10.1. The molecule has 1 aromatic carbocycles. The first-order valence-corrected chi connectivity index (χ1v) is 9.08. The number of hydrogen-bond donors (Lipinski definition) is 3. The number of nitrogens with zero attached hydrogens (tertiary/aromatic N) is 3. The van der Waals surface area contributed by atoms with Gasteiger partial charge in [0.25, 0.3) is 0 Å². The topological polar surface area (TPSA) is 95.9 Å². The third kappa shape index (κ3) is 6.02. The second kappa shape index (κ2) is 9.45. The molecule has 2 heterocycles. The predicted octanol–water partition coefficient (Wildman–Crippen LogP) is 2.45. The Bertz CT molecular complexity index is 836. The van der Waals surface area contributed by atoms with Gasteiger partial charge in [-0.3, -0.25) is 5.10 Å². The Kier molecular flexibility index (Phi) is 6.75. The van der Waals surface area contributed by atoms with Gasteiger partial charge in [0.1, 0.15) is 23.3 Å². The van der Waals surface area contributed by atoms with Crippen LogP contribution in [0.15, 0.2) is 42.6 Å². The van der Waals surface area contributed by atoms with Crippen LogP contribution in [-0.4, -0.2) is 45.0 Å². The smallest absolute Gasteiger partial charge is 0.155 e. The van der Waals surface area contributed by atoms with E-state index in [1.54, 1.807) is 18.3 Å². The molecule has 0 aliphatic heterocycles. The van der Waals surface area contributed by atoms with E-state index in [1.807, 2.05) is 31.2 Å². The van der Waals surface area contributed by atoms with Crippen molar-refractivity contribution in [2.45, 2.75) is 19.4 Å².